The van der Waals surface area contributed by atoms with Crippen LogP contribution in [-0.2, 0) is 33.4 Å². The number of carboxylic acid groups (broad SMARTS) is 1. The quantitative estimate of drug-likeness (QED) is 0.162. The van der Waals surface area contributed by atoms with Gasteiger partial charge in [0.15, 0.2) is 23.3 Å². The molecule has 210 valence electrons. The van der Waals surface area contributed by atoms with Gasteiger partial charge in [-0.25, -0.2) is 18.9 Å². The summed E-state index contributed by atoms with van der Waals surface area (Å²) in [4.78, 5) is 46.5. The van der Waals surface area contributed by atoms with Crippen LogP contribution >= 0.6 is 0 Å². The molecule has 1 amide bonds. The van der Waals surface area contributed by atoms with Crippen LogP contribution in [0.1, 0.15) is 27.2 Å². The lowest BCUT2D eigenvalue weighted by Gasteiger charge is -2.39. The molecule has 8 atom stereocenters. The first-order valence-corrected chi connectivity index (χ1v) is 10.8. The average molecular weight is 552 g/mol. The van der Waals surface area contributed by atoms with Crippen molar-refractivity contribution in [3.05, 3.63) is 0 Å². The van der Waals surface area contributed by atoms with Gasteiger partial charge in [-0.15, -0.1) is 0 Å². The van der Waals surface area contributed by atoms with E-state index in [1.807, 2.05) is 0 Å². The fourth-order valence-corrected chi connectivity index (χ4v) is 5.22. The van der Waals surface area contributed by atoms with E-state index in [-0.39, 0.29) is 19.5 Å². The van der Waals surface area contributed by atoms with Crippen molar-refractivity contribution in [2.24, 2.45) is 5.92 Å². The summed E-state index contributed by atoms with van der Waals surface area (Å²) in [6.07, 6.45) is -12.1. The Hall–Kier alpha value is -2.50. The van der Waals surface area contributed by atoms with E-state index in [1.54, 1.807) is 0 Å². The van der Waals surface area contributed by atoms with Gasteiger partial charge in [0.2, 0.25) is 0 Å². The van der Waals surface area contributed by atoms with Gasteiger partial charge < -0.3 is 29.5 Å². The van der Waals surface area contributed by atoms with Gasteiger partial charge in [0.1, 0.15) is 24.9 Å². The van der Waals surface area contributed by atoms with Crippen LogP contribution in [0.2, 0.25) is 0 Å². The number of aliphatic carboxylic acids is 1. The molecule has 0 saturated carbocycles. The number of morpholine rings is 1. The van der Waals surface area contributed by atoms with E-state index >= 15 is 0 Å². The zero-order chi connectivity index (χ0) is 28.6. The van der Waals surface area contributed by atoms with Gasteiger partial charge in [-0.3, -0.25) is 4.79 Å². The van der Waals surface area contributed by atoms with Crippen LogP contribution in [0.4, 0.5) is 26.3 Å². The summed E-state index contributed by atoms with van der Waals surface area (Å²) >= 11 is 0. The summed E-state index contributed by atoms with van der Waals surface area (Å²) in [6, 6.07) is -1.21. The zero-order valence-electron chi connectivity index (χ0n) is 19.6. The first kappa shape index (κ1) is 29.1. The Balaban J connectivity index is 0.000000479. The second-order valence-corrected chi connectivity index (χ2v) is 9.83. The molecule has 0 radical (unpaired) electrons. The van der Waals surface area contributed by atoms with Crippen LogP contribution < -0.4 is 0 Å². The lowest BCUT2D eigenvalue weighted by atomic mass is 9.76. The smallest absolute Gasteiger partial charge is 0.475 e. The molecule has 4 fully saturated rings. The van der Waals surface area contributed by atoms with Crippen LogP contribution in [0.3, 0.4) is 0 Å². The van der Waals surface area contributed by atoms with Gasteiger partial charge in [-0.05, 0) is 20.8 Å². The number of carboxylic acids is 1. The molecule has 3 N–H and O–H groups in total. The van der Waals surface area contributed by atoms with Gasteiger partial charge in [-0.1, -0.05) is 0 Å². The second kappa shape index (κ2) is 8.51. The number of esters is 2. The van der Waals surface area contributed by atoms with Crippen molar-refractivity contribution in [1.82, 2.24) is 0 Å². The maximum Gasteiger partial charge on any atom is 0.509 e. The minimum atomic E-state index is -5.11. The largest absolute Gasteiger partial charge is 0.509 e. The van der Waals surface area contributed by atoms with Crippen LogP contribution in [0.15, 0.2) is 0 Å². The van der Waals surface area contributed by atoms with Crippen LogP contribution in [-0.4, -0.2) is 111 Å². The highest BCUT2D eigenvalue weighted by molar-refractivity contribution is 5.83. The topological polar surface area (TPSA) is 160 Å². The number of carbonyl (C=O) groups excluding carboxylic acids is 3. The highest BCUT2D eigenvalue weighted by atomic mass is 19.4. The molecule has 4 heterocycles. The molecule has 0 aromatic carbocycles. The van der Waals surface area contributed by atoms with E-state index in [0.29, 0.717) is 0 Å². The number of alkyl halides is 6. The number of nitrogens with zero attached hydrogens (tertiary/aromatic N) is 1. The average Bonchev–Trinajstić information content (AvgIpc) is 3.18. The first-order chi connectivity index (χ1) is 16.6. The number of hydrogen-bond acceptors (Lipinski definition) is 9. The molecule has 4 saturated heterocycles. The van der Waals surface area contributed by atoms with Crippen molar-refractivity contribution in [3.63, 3.8) is 0 Å². The van der Waals surface area contributed by atoms with Crippen molar-refractivity contribution < 1.29 is 79.5 Å². The van der Waals surface area contributed by atoms with Gasteiger partial charge in [0.25, 0.3) is 0 Å². The third-order valence-electron chi connectivity index (χ3n) is 7.70. The lowest BCUT2D eigenvalue weighted by Crippen LogP contribution is -2.64. The summed E-state index contributed by atoms with van der Waals surface area (Å²) in [6.45, 7) is 2.23. The standard InChI is InChI=1S/C18H23F3NO8.C2HF3O2/c1-8-12(23)29-9-4-5-22(13(24)18(19,20)21)6-10-17(30-10,11(9)22)7-28-14(25)16(3,27)15(8,2)26;3-2(4,5)1(6)7/h8-11,26-27H,4-7H2,1-3H3;(H,6,7)/q+1;. The number of amides is 1. The Morgan fingerprint density at radius 2 is 1.59 bits per heavy atom. The minimum absolute atomic E-state index is 0.0325. The lowest BCUT2D eigenvalue weighted by molar-refractivity contribution is -0.869. The Bertz CT molecular complexity index is 1010. The fraction of sp³-hybridized carbons (Fsp3) is 0.800. The number of hydrogen-bond donors (Lipinski definition) is 3. The Morgan fingerprint density at radius 3 is 2.08 bits per heavy atom. The van der Waals surface area contributed by atoms with E-state index in [1.165, 1.54) is 6.92 Å². The van der Waals surface area contributed by atoms with Crippen LogP contribution in [0.25, 0.3) is 0 Å². The molecule has 11 nitrogen and oxygen atoms in total. The highest BCUT2D eigenvalue weighted by Crippen LogP contribution is 2.58. The number of cyclic esters (lactones) is 1. The summed E-state index contributed by atoms with van der Waals surface area (Å²) < 4.78 is 87.1. The van der Waals surface area contributed by atoms with E-state index in [4.69, 9.17) is 24.1 Å². The van der Waals surface area contributed by atoms with Crippen molar-refractivity contribution in [2.75, 3.05) is 19.7 Å². The van der Waals surface area contributed by atoms with Crippen LogP contribution in [0.5, 0.6) is 0 Å². The molecule has 0 aromatic heterocycles. The number of carbonyl (C=O) groups is 4. The zero-order valence-corrected chi connectivity index (χ0v) is 19.6. The number of halogens is 6. The van der Waals surface area contributed by atoms with Crippen molar-refractivity contribution in [2.45, 2.75) is 74.6 Å². The predicted octanol–water partition coefficient (Wildman–Crippen LogP) is 0.0556. The minimum Gasteiger partial charge on any atom is -0.475 e. The Labute approximate surface area is 204 Å². The van der Waals surface area contributed by atoms with E-state index < -0.39 is 88.2 Å². The third kappa shape index (κ3) is 4.44. The molecule has 0 bridgehead atoms. The Morgan fingerprint density at radius 1 is 1.05 bits per heavy atom. The second-order valence-electron chi connectivity index (χ2n) is 9.83. The SMILES string of the molecule is CC1C(=O)OC2CC[N+]3(C(=O)C(F)(F)F)CC4OC4(COC(=O)C(C)(O)C1(C)O)C23.O=C(O)C(F)(F)F. The summed E-state index contributed by atoms with van der Waals surface area (Å²) in [7, 11) is 0. The molecular weight excluding hydrogens is 528 g/mol. The van der Waals surface area contributed by atoms with E-state index in [2.05, 4.69) is 0 Å². The molecule has 0 aromatic rings. The van der Waals surface area contributed by atoms with Gasteiger partial charge >= 0.3 is 36.2 Å². The first-order valence-electron chi connectivity index (χ1n) is 10.8. The predicted molar refractivity (Wildman–Crippen MR) is 102 cm³/mol. The number of epoxide rings is 1. The number of rotatable bonds is 0. The van der Waals surface area contributed by atoms with E-state index in [9.17, 15) is 50.9 Å². The molecule has 4 rings (SSSR count). The Kier molecular flexibility index (Phi) is 6.68. The molecule has 1 spiro atoms. The summed E-state index contributed by atoms with van der Waals surface area (Å²) in [5, 5.41) is 28.5. The number of ether oxygens (including phenoxy) is 3. The van der Waals surface area contributed by atoms with Crippen molar-refractivity contribution in [1.29, 1.82) is 0 Å². The molecule has 17 heteroatoms. The summed E-state index contributed by atoms with van der Waals surface area (Å²) in [5.74, 6) is -8.42. The number of quaternary nitrogens is 1. The number of aliphatic hydroxyl groups is 2. The normalized spacial score (nSPS) is 43.2. The molecular formula is C20H24F6NO10+. The molecule has 4 aliphatic rings. The fourth-order valence-electron chi connectivity index (χ4n) is 5.22. The van der Waals surface area contributed by atoms with Gasteiger partial charge in [0, 0.05) is 6.42 Å². The van der Waals surface area contributed by atoms with Crippen molar-refractivity contribution >= 4 is 23.8 Å². The maximum atomic E-state index is 13.4. The van der Waals surface area contributed by atoms with E-state index in [0.717, 1.165) is 13.8 Å². The summed E-state index contributed by atoms with van der Waals surface area (Å²) in [5.41, 5.74) is -6.25. The highest BCUT2D eigenvalue weighted by Gasteiger charge is 2.84. The van der Waals surface area contributed by atoms with Crippen LogP contribution in [0, 0.1) is 5.92 Å². The monoisotopic (exact) mass is 552 g/mol. The van der Waals surface area contributed by atoms with Gasteiger partial charge in [-0.2, -0.15) is 26.3 Å². The molecule has 4 aliphatic heterocycles. The third-order valence-corrected chi connectivity index (χ3v) is 7.70. The van der Waals surface area contributed by atoms with Gasteiger partial charge in [0.05, 0.1) is 12.5 Å². The maximum absolute atomic E-state index is 13.4. The molecule has 37 heavy (non-hydrogen) atoms. The molecule has 8 unspecified atom stereocenters. The molecule has 0 aliphatic carbocycles. The van der Waals surface area contributed by atoms with Crippen molar-refractivity contribution in [3.8, 4) is 0 Å².